The molecule has 0 aliphatic heterocycles. The Hall–Kier alpha value is -2.09. The number of hydrogen-bond donors (Lipinski definition) is 1. The number of hydrogen-bond acceptors (Lipinski definition) is 3. The van der Waals surface area contributed by atoms with Crippen molar-refractivity contribution in [1.82, 2.24) is 9.78 Å². The zero-order chi connectivity index (χ0) is 17.5. The second-order valence-electron chi connectivity index (χ2n) is 4.72. The van der Waals surface area contributed by atoms with Crippen LogP contribution >= 0.6 is 11.6 Å². The fraction of sp³-hybridized carbons (Fsp3) is 0.286. The molecule has 0 bridgehead atoms. The molecule has 2 aromatic rings. The number of aryl methyl sites for hydroxylation is 2. The van der Waals surface area contributed by atoms with E-state index in [1.54, 1.807) is 6.92 Å². The van der Waals surface area contributed by atoms with Crippen molar-refractivity contribution in [3.05, 3.63) is 45.4 Å². The van der Waals surface area contributed by atoms with Crippen LogP contribution in [0.2, 0.25) is 5.02 Å². The summed E-state index contributed by atoms with van der Waals surface area (Å²) in [5.41, 5.74) is -2.12. The number of alkyl halides is 3. The van der Waals surface area contributed by atoms with E-state index in [1.165, 1.54) is 6.92 Å². The van der Waals surface area contributed by atoms with Gasteiger partial charge in [0.2, 0.25) is 11.7 Å². The lowest BCUT2D eigenvalue weighted by atomic mass is 10.0. The third-order valence-corrected chi connectivity index (χ3v) is 3.63. The molecule has 0 saturated heterocycles. The summed E-state index contributed by atoms with van der Waals surface area (Å²) in [7, 11) is 0. The second kappa shape index (κ2) is 5.84. The molecule has 1 aromatic heterocycles. The molecule has 4 nitrogen and oxygen atoms in total. The van der Waals surface area contributed by atoms with Crippen LogP contribution in [0.15, 0.2) is 12.1 Å². The van der Waals surface area contributed by atoms with Crippen molar-refractivity contribution in [3.8, 4) is 5.88 Å². The van der Waals surface area contributed by atoms with E-state index in [1.807, 2.05) is 0 Å². The highest BCUT2D eigenvalue weighted by Crippen LogP contribution is 2.36. The molecule has 0 amide bonds. The normalized spacial score (nSPS) is 11.8. The Morgan fingerprint density at radius 2 is 2.00 bits per heavy atom. The molecule has 0 saturated carbocycles. The quantitative estimate of drug-likeness (QED) is 0.673. The van der Waals surface area contributed by atoms with Gasteiger partial charge in [-0.15, -0.1) is 0 Å². The summed E-state index contributed by atoms with van der Waals surface area (Å²) in [6, 6.07) is 1.21. The van der Waals surface area contributed by atoms with Gasteiger partial charge in [-0.25, -0.2) is 9.07 Å². The second-order valence-corrected chi connectivity index (χ2v) is 5.09. The van der Waals surface area contributed by atoms with Crippen LogP contribution < -0.4 is 0 Å². The maximum atomic E-state index is 13.8. The molecule has 1 N–H and O–H groups in total. The van der Waals surface area contributed by atoms with Gasteiger partial charge in [0, 0.05) is 12.1 Å². The molecule has 124 valence electrons. The van der Waals surface area contributed by atoms with Gasteiger partial charge < -0.3 is 5.11 Å². The molecule has 0 fully saturated rings. The van der Waals surface area contributed by atoms with E-state index in [2.05, 4.69) is 5.10 Å². The van der Waals surface area contributed by atoms with E-state index in [0.29, 0.717) is 6.07 Å². The van der Waals surface area contributed by atoms with Crippen molar-refractivity contribution in [3.63, 3.8) is 0 Å². The molecule has 9 heteroatoms. The van der Waals surface area contributed by atoms with E-state index < -0.39 is 39.8 Å². The minimum atomic E-state index is -4.93. The highest BCUT2D eigenvalue weighted by molar-refractivity contribution is 6.35. The average Bonchev–Trinajstić information content (AvgIpc) is 2.74. The van der Waals surface area contributed by atoms with Gasteiger partial charge in [-0.2, -0.15) is 18.3 Å². The molecule has 1 aromatic carbocycles. The summed E-state index contributed by atoms with van der Waals surface area (Å²) in [6.45, 7) is 3.38. The first-order valence-electron chi connectivity index (χ1n) is 6.45. The van der Waals surface area contributed by atoms with Crippen LogP contribution in [0.1, 0.15) is 34.1 Å². The first-order valence-corrected chi connectivity index (χ1v) is 6.83. The third kappa shape index (κ3) is 2.90. The molecular formula is C14H11ClF4N2O2. The molecule has 0 radical (unpaired) electrons. The zero-order valence-electron chi connectivity index (χ0n) is 12.0. The molecule has 0 atom stereocenters. The summed E-state index contributed by atoms with van der Waals surface area (Å²) >= 11 is 5.59. The zero-order valence-corrected chi connectivity index (χ0v) is 12.8. The van der Waals surface area contributed by atoms with E-state index >= 15 is 0 Å². The third-order valence-electron chi connectivity index (χ3n) is 3.26. The van der Waals surface area contributed by atoms with E-state index in [0.717, 1.165) is 10.7 Å². The molecule has 0 aliphatic carbocycles. The van der Waals surface area contributed by atoms with Crippen LogP contribution in [0.3, 0.4) is 0 Å². The topological polar surface area (TPSA) is 55.1 Å². The molecule has 1 heterocycles. The van der Waals surface area contributed by atoms with Gasteiger partial charge in [0.15, 0.2) is 5.82 Å². The van der Waals surface area contributed by atoms with Crippen molar-refractivity contribution in [2.75, 3.05) is 0 Å². The molecule has 2 rings (SSSR count). The monoisotopic (exact) mass is 350 g/mol. The van der Waals surface area contributed by atoms with Gasteiger partial charge in [0.1, 0.15) is 5.56 Å². The first kappa shape index (κ1) is 17.3. The summed E-state index contributed by atoms with van der Waals surface area (Å²) in [6.07, 6.45) is -4.93. The SMILES string of the molecule is CCn1nc(C)c(C(=O)c2ccc(C(F)(F)F)c(F)c2Cl)c1O. The summed E-state index contributed by atoms with van der Waals surface area (Å²) in [4.78, 5) is 12.4. The summed E-state index contributed by atoms with van der Waals surface area (Å²) < 4.78 is 52.8. The average molecular weight is 351 g/mol. The Kier molecular flexibility index (Phi) is 4.39. The van der Waals surface area contributed by atoms with Crippen LogP contribution in [0.25, 0.3) is 0 Å². The van der Waals surface area contributed by atoms with Crippen LogP contribution in [-0.2, 0) is 12.7 Å². The van der Waals surface area contributed by atoms with Gasteiger partial charge >= 0.3 is 6.18 Å². The van der Waals surface area contributed by atoms with E-state index in [9.17, 15) is 27.5 Å². The largest absolute Gasteiger partial charge is 0.493 e. The molecular weight excluding hydrogens is 340 g/mol. The predicted molar refractivity (Wildman–Crippen MR) is 74.1 cm³/mol. The van der Waals surface area contributed by atoms with Gasteiger partial charge in [-0.1, -0.05) is 11.6 Å². The number of halogens is 5. The number of carbonyl (C=O) groups excluding carboxylic acids is 1. The lowest BCUT2D eigenvalue weighted by molar-refractivity contribution is -0.140. The van der Waals surface area contributed by atoms with Crippen LogP contribution in [-0.4, -0.2) is 20.7 Å². The Labute approximate surface area is 133 Å². The lowest BCUT2D eigenvalue weighted by Crippen LogP contribution is -2.11. The smallest absolute Gasteiger partial charge is 0.419 e. The maximum absolute atomic E-state index is 13.8. The van der Waals surface area contributed by atoms with Crippen molar-refractivity contribution >= 4 is 17.4 Å². The molecule has 0 aliphatic rings. The van der Waals surface area contributed by atoms with E-state index in [-0.39, 0.29) is 17.8 Å². The van der Waals surface area contributed by atoms with Gasteiger partial charge in [0.05, 0.1) is 16.3 Å². The number of ketones is 1. The van der Waals surface area contributed by atoms with Crippen molar-refractivity contribution in [2.24, 2.45) is 0 Å². The molecule has 23 heavy (non-hydrogen) atoms. The highest BCUT2D eigenvalue weighted by Gasteiger charge is 2.36. The van der Waals surface area contributed by atoms with Crippen molar-refractivity contribution in [1.29, 1.82) is 0 Å². The summed E-state index contributed by atoms with van der Waals surface area (Å²) in [5, 5.41) is 12.9. The first-order chi connectivity index (χ1) is 10.6. The molecule has 0 unspecified atom stereocenters. The number of aromatic hydroxyl groups is 1. The molecule has 0 spiro atoms. The van der Waals surface area contributed by atoms with Crippen LogP contribution in [0.5, 0.6) is 5.88 Å². The van der Waals surface area contributed by atoms with Crippen molar-refractivity contribution in [2.45, 2.75) is 26.6 Å². The summed E-state index contributed by atoms with van der Waals surface area (Å²) in [5.74, 6) is -3.09. The fourth-order valence-corrected chi connectivity index (χ4v) is 2.38. The number of benzene rings is 1. The van der Waals surface area contributed by atoms with Gasteiger partial charge in [0.25, 0.3) is 0 Å². The highest BCUT2D eigenvalue weighted by atomic mass is 35.5. The van der Waals surface area contributed by atoms with Gasteiger partial charge in [-0.3, -0.25) is 4.79 Å². The van der Waals surface area contributed by atoms with Crippen molar-refractivity contribution < 1.29 is 27.5 Å². The Bertz CT molecular complexity index is 784. The Balaban J connectivity index is 2.58. The Morgan fingerprint density at radius 1 is 1.39 bits per heavy atom. The standard InChI is InChI=1S/C14H11ClF4N2O2/c1-3-21-13(23)9(6(2)20-21)12(22)7-4-5-8(14(17,18)19)11(16)10(7)15/h4-5,23H,3H2,1-2H3. The minimum absolute atomic E-state index is 0.158. The van der Waals surface area contributed by atoms with Crippen LogP contribution in [0, 0.1) is 12.7 Å². The number of carbonyl (C=O) groups is 1. The predicted octanol–water partition coefficient (Wildman–Crippen LogP) is 3.96. The van der Waals surface area contributed by atoms with E-state index in [4.69, 9.17) is 11.6 Å². The fourth-order valence-electron chi connectivity index (χ4n) is 2.13. The Morgan fingerprint density at radius 3 is 2.48 bits per heavy atom. The number of aromatic nitrogens is 2. The lowest BCUT2D eigenvalue weighted by Gasteiger charge is -2.11. The van der Waals surface area contributed by atoms with Crippen LogP contribution in [0.4, 0.5) is 17.6 Å². The minimum Gasteiger partial charge on any atom is -0.493 e. The number of nitrogens with zero attached hydrogens (tertiary/aromatic N) is 2. The van der Waals surface area contributed by atoms with Gasteiger partial charge in [-0.05, 0) is 26.0 Å². The number of rotatable bonds is 3. The maximum Gasteiger partial charge on any atom is 0.419 e.